The monoisotopic (exact) mass is 263 g/mol. The normalized spacial score (nSPS) is 12.7. The van der Waals surface area contributed by atoms with Crippen LogP contribution in [0, 0.1) is 0 Å². The molecule has 0 spiro atoms. The average molecular weight is 263 g/mol. The predicted molar refractivity (Wildman–Crippen MR) is 58.5 cm³/mol. The minimum atomic E-state index is -4.24. The molecule has 3 N–H and O–H groups in total. The number of oxime groups is 1. The molecule has 0 fully saturated rings. The number of nitrogens with zero attached hydrogens (tertiary/aromatic N) is 2. The first-order valence-corrected chi connectivity index (χ1v) is 5.09. The van der Waals surface area contributed by atoms with Crippen LogP contribution in [0.2, 0.25) is 0 Å². The summed E-state index contributed by atoms with van der Waals surface area (Å²) in [5.41, 5.74) is 4.63. The molecular formula is C10H12F3N3O2. The van der Waals surface area contributed by atoms with E-state index in [1.54, 1.807) is 0 Å². The number of nitrogens with two attached hydrogens (primary N) is 1. The molecule has 0 aromatic carbocycles. The van der Waals surface area contributed by atoms with Crippen molar-refractivity contribution < 1.29 is 18.4 Å². The lowest BCUT2D eigenvalue weighted by Crippen LogP contribution is -2.30. The average Bonchev–Trinajstić information content (AvgIpc) is 2.29. The second-order valence-corrected chi connectivity index (χ2v) is 3.62. The molecule has 1 aromatic heterocycles. The Hall–Kier alpha value is -1.99. The molecule has 1 aromatic rings. The van der Waals surface area contributed by atoms with Crippen LogP contribution in [0.3, 0.4) is 0 Å². The van der Waals surface area contributed by atoms with Crippen LogP contribution in [0.1, 0.15) is 18.4 Å². The van der Waals surface area contributed by atoms with Crippen molar-refractivity contribution in [1.82, 2.24) is 4.57 Å². The van der Waals surface area contributed by atoms with Gasteiger partial charge in [0.25, 0.3) is 5.56 Å². The lowest BCUT2D eigenvalue weighted by Gasteiger charge is -2.09. The van der Waals surface area contributed by atoms with Crippen LogP contribution in [0.15, 0.2) is 28.3 Å². The minimum Gasteiger partial charge on any atom is -0.409 e. The molecule has 0 bridgehead atoms. The van der Waals surface area contributed by atoms with Gasteiger partial charge < -0.3 is 15.5 Å². The van der Waals surface area contributed by atoms with E-state index in [0.29, 0.717) is 0 Å². The van der Waals surface area contributed by atoms with E-state index in [0.717, 1.165) is 4.57 Å². The zero-order valence-corrected chi connectivity index (χ0v) is 9.31. The van der Waals surface area contributed by atoms with Crippen LogP contribution in [0.25, 0.3) is 0 Å². The Balaban J connectivity index is 2.83. The molecule has 18 heavy (non-hydrogen) atoms. The number of aromatic nitrogens is 1. The fraction of sp³-hybridized carbons (Fsp3) is 0.400. The van der Waals surface area contributed by atoms with Crippen LogP contribution in [-0.2, 0) is 6.54 Å². The zero-order valence-electron chi connectivity index (χ0n) is 9.31. The van der Waals surface area contributed by atoms with Gasteiger partial charge in [-0.05, 0) is 18.6 Å². The van der Waals surface area contributed by atoms with Crippen molar-refractivity contribution in [3.8, 4) is 0 Å². The third-order valence-corrected chi connectivity index (χ3v) is 2.26. The summed E-state index contributed by atoms with van der Waals surface area (Å²) in [4.78, 5) is 11.7. The van der Waals surface area contributed by atoms with E-state index in [2.05, 4.69) is 5.16 Å². The Morgan fingerprint density at radius 1 is 1.50 bits per heavy atom. The third kappa shape index (κ3) is 3.79. The van der Waals surface area contributed by atoms with E-state index < -0.39 is 18.2 Å². The number of amidine groups is 1. The zero-order chi connectivity index (χ0) is 13.8. The summed E-state index contributed by atoms with van der Waals surface area (Å²) in [7, 11) is 0. The topological polar surface area (TPSA) is 80.6 Å². The lowest BCUT2D eigenvalue weighted by molar-refractivity contribution is -0.135. The standard InChI is InChI=1S/C10H12F3N3O2/c11-10(12,13)4-2-6-16-5-1-3-7(9(16)17)8(14)15-18/h1,3,5,18H,2,4,6H2,(H2,14,15). The fourth-order valence-electron chi connectivity index (χ4n) is 1.41. The molecule has 100 valence electrons. The smallest absolute Gasteiger partial charge is 0.389 e. The van der Waals surface area contributed by atoms with Gasteiger partial charge in [-0.1, -0.05) is 5.16 Å². The van der Waals surface area contributed by atoms with Crippen molar-refractivity contribution in [1.29, 1.82) is 0 Å². The minimum absolute atomic E-state index is 0.0491. The van der Waals surface area contributed by atoms with E-state index in [1.807, 2.05) is 0 Å². The molecule has 0 aliphatic carbocycles. The summed E-state index contributed by atoms with van der Waals surface area (Å²) < 4.78 is 37.0. The molecule has 0 unspecified atom stereocenters. The summed E-state index contributed by atoms with van der Waals surface area (Å²) in [5, 5.41) is 11.1. The number of halogens is 3. The quantitative estimate of drug-likeness (QED) is 0.371. The van der Waals surface area contributed by atoms with Crippen molar-refractivity contribution in [2.45, 2.75) is 25.6 Å². The van der Waals surface area contributed by atoms with Gasteiger partial charge >= 0.3 is 6.18 Å². The summed E-state index contributed by atoms with van der Waals surface area (Å²) in [6.45, 7) is -0.0785. The highest BCUT2D eigenvalue weighted by Gasteiger charge is 2.26. The van der Waals surface area contributed by atoms with Gasteiger partial charge in [0.05, 0.1) is 5.56 Å². The van der Waals surface area contributed by atoms with Crippen molar-refractivity contribution >= 4 is 5.84 Å². The van der Waals surface area contributed by atoms with Crippen LogP contribution < -0.4 is 11.3 Å². The molecule has 1 rings (SSSR count). The van der Waals surface area contributed by atoms with E-state index in [4.69, 9.17) is 10.9 Å². The second kappa shape index (κ2) is 5.56. The Kier molecular flexibility index (Phi) is 4.35. The van der Waals surface area contributed by atoms with Gasteiger partial charge in [0.15, 0.2) is 5.84 Å². The maximum absolute atomic E-state index is 12.0. The van der Waals surface area contributed by atoms with Crippen molar-refractivity contribution in [3.05, 3.63) is 34.2 Å². The molecule has 0 saturated heterocycles. The van der Waals surface area contributed by atoms with Gasteiger partial charge in [0.2, 0.25) is 0 Å². The Morgan fingerprint density at radius 3 is 2.72 bits per heavy atom. The number of alkyl halides is 3. The van der Waals surface area contributed by atoms with Crippen molar-refractivity contribution in [2.75, 3.05) is 0 Å². The van der Waals surface area contributed by atoms with Gasteiger partial charge in [0.1, 0.15) is 0 Å². The van der Waals surface area contributed by atoms with Crippen LogP contribution in [-0.4, -0.2) is 21.8 Å². The Bertz CT molecular complexity index is 494. The number of hydrogen-bond donors (Lipinski definition) is 2. The largest absolute Gasteiger partial charge is 0.409 e. The van der Waals surface area contributed by atoms with E-state index in [9.17, 15) is 18.0 Å². The molecule has 1 heterocycles. The highest BCUT2D eigenvalue weighted by Crippen LogP contribution is 2.21. The van der Waals surface area contributed by atoms with Gasteiger partial charge in [-0.3, -0.25) is 4.79 Å². The molecule has 0 radical (unpaired) electrons. The van der Waals surface area contributed by atoms with E-state index in [-0.39, 0.29) is 24.4 Å². The molecule has 5 nitrogen and oxygen atoms in total. The van der Waals surface area contributed by atoms with E-state index >= 15 is 0 Å². The maximum Gasteiger partial charge on any atom is 0.389 e. The Morgan fingerprint density at radius 2 is 2.17 bits per heavy atom. The molecule has 0 amide bonds. The van der Waals surface area contributed by atoms with Crippen LogP contribution >= 0.6 is 0 Å². The summed E-state index contributed by atoms with van der Waals surface area (Å²) in [6, 6.07) is 2.78. The van der Waals surface area contributed by atoms with E-state index in [1.165, 1.54) is 18.3 Å². The summed E-state index contributed by atoms with van der Waals surface area (Å²) in [5.74, 6) is -0.370. The lowest BCUT2D eigenvalue weighted by atomic mass is 10.2. The molecule has 0 saturated carbocycles. The Labute approximate surface area is 100 Å². The third-order valence-electron chi connectivity index (χ3n) is 2.26. The molecule has 8 heteroatoms. The maximum atomic E-state index is 12.0. The van der Waals surface area contributed by atoms with Crippen molar-refractivity contribution in [2.24, 2.45) is 10.9 Å². The summed E-state index contributed by atoms with van der Waals surface area (Å²) >= 11 is 0. The first kappa shape index (κ1) is 14.1. The highest BCUT2D eigenvalue weighted by atomic mass is 19.4. The molecule has 0 aliphatic heterocycles. The number of rotatable bonds is 4. The number of pyridine rings is 1. The number of hydrogen-bond acceptors (Lipinski definition) is 3. The van der Waals surface area contributed by atoms with Crippen molar-refractivity contribution in [3.63, 3.8) is 0 Å². The van der Waals surface area contributed by atoms with Gasteiger partial charge in [0, 0.05) is 19.2 Å². The first-order valence-electron chi connectivity index (χ1n) is 5.09. The van der Waals surface area contributed by atoms with Gasteiger partial charge in [-0.15, -0.1) is 0 Å². The van der Waals surface area contributed by atoms with Gasteiger partial charge in [-0.25, -0.2) is 0 Å². The van der Waals surface area contributed by atoms with Crippen LogP contribution in [0.4, 0.5) is 13.2 Å². The molecular weight excluding hydrogens is 251 g/mol. The second-order valence-electron chi connectivity index (χ2n) is 3.62. The fourth-order valence-corrected chi connectivity index (χ4v) is 1.41. The van der Waals surface area contributed by atoms with Crippen LogP contribution in [0.5, 0.6) is 0 Å². The first-order chi connectivity index (χ1) is 8.35. The predicted octanol–water partition coefficient (Wildman–Crippen LogP) is 1.29. The highest BCUT2D eigenvalue weighted by molar-refractivity contribution is 5.96. The number of aryl methyl sites for hydroxylation is 1. The van der Waals surface area contributed by atoms with Gasteiger partial charge in [-0.2, -0.15) is 13.2 Å². The SMILES string of the molecule is N/C(=N/O)c1cccn(CCCC(F)(F)F)c1=O. The summed E-state index contributed by atoms with van der Waals surface area (Å²) in [6.07, 6.45) is -4.06. The molecule has 0 aliphatic rings. The molecule has 0 atom stereocenters.